The van der Waals surface area contributed by atoms with Crippen molar-refractivity contribution in [2.45, 2.75) is 46.3 Å². The summed E-state index contributed by atoms with van der Waals surface area (Å²) in [7, 11) is 0. The molecule has 0 saturated carbocycles. The van der Waals surface area contributed by atoms with E-state index in [0.717, 1.165) is 16.5 Å². The Morgan fingerprint density at radius 2 is 1.77 bits per heavy atom. The van der Waals surface area contributed by atoms with Crippen molar-refractivity contribution in [3.8, 4) is 5.75 Å². The van der Waals surface area contributed by atoms with Crippen LogP contribution in [0.2, 0.25) is 0 Å². The lowest BCUT2D eigenvalue weighted by Crippen LogP contribution is -2.44. The molecule has 0 aromatic heterocycles. The Balaban J connectivity index is 2.17. The summed E-state index contributed by atoms with van der Waals surface area (Å²) in [4.78, 5) is 12.4. The Morgan fingerprint density at radius 1 is 1.09 bits per heavy atom. The van der Waals surface area contributed by atoms with Crippen LogP contribution in [0.1, 0.15) is 34.1 Å². The molecule has 2 rings (SSSR count). The summed E-state index contributed by atoms with van der Waals surface area (Å²) in [5.41, 5.74) is 0. The van der Waals surface area contributed by atoms with Crippen molar-refractivity contribution in [1.82, 2.24) is 5.32 Å². The molecular formula is C19H25NO2. The van der Waals surface area contributed by atoms with Crippen molar-refractivity contribution in [3.05, 3.63) is 42.5 Å². The van der Waals surface area contributed by atoms with Crippen molar-refractivity contribution in [3.63, 3.8) is 0 Å². The Bertz CT molecular complexity index is 631. The lowest BCUT2D eigenvalue weighted by molar-refractivity contribution is -0.129. The Kier molecular flexibility index (Phi) is 5.42. The standard InChI is InChI=1S/C19H25NO2/c1-5-17(19(21)20-14(4)13(2)3)22-18-12-8-10-15-9-6-7-11-16(15)18/h6-14,17H,5H2,1-4H3,(H,20,21)/t14-,17-/m0/s1. The largest absolute Gasteiger partial charge is 0.480 e. The van der Waals surface area contributed by atoms with Crippen LogP contribution in [0, 0.1) is 5.92 Å². The lowest BCUT2D eigenvalue weighted by atomic mass is 10.1. The fourth-order valence-corrected chi connectivity index (χ4v) is 2.26. The quantitative estimate of drug-likeness (QED) is 0.870. The molecule has 3 heteroatoms. The van der Waals surface area contributed by atoms with Crippen molar-refractivity contribution in [2.24, 2.45) is 5.92 Å². The van der Waals surface area contributed by atoms with Gasteiger partial charge in [0.05, 0.1) is 0 Å². The number of hydrogen-bond acceptors (Lipinski definition) is 2. The van der Waals surface area contributed by atoms with Crippen molar-refractivity contribution >= 4 is 16.7 Å². The van der Waals surface area contributed by atoms with E-state index in [2.05, 4.69) is 19.2 Å². The number of hydrogen-bond donors (Lipinski definition) is 1. The maximum absolute atomic E-state index is 12.4. The molecule has 0 fully saturated rings. The van der Waals surface area contributed by atoms with Crippen molar-refractivity contribution in [1.29, 1.82) is 0 Å². The molecule has 0 aliphatic carbocycles. The van der Waals surface area contributed by atoms with Crippen LogP contribution in [0.25, 0.3) is 10.8 Å². The number of rotatable bonds is 6. The van der Waals surface area contributed by atoms with Crippen LogP contribution < -0.4 is 10.1 Å². The number of carbonyl (C=O) groups is 1. The average molecular weight is 299 g/mol. The Hall–Kier alpha value is -2.03. The first-order chi connectivity index (χ1) is 10.5. The topological polar surface area (TPSA) is 38.3 Å². The number of amides is 1. The molecule has 0 saturated heterocycles. The van der Waals surface area contributed by atoms with Crippen molar-refractivity contribution < 1.29 is 9.53 Å². The van der Waals surface area contributed by atoms with Gasteiger partial charge in [0.15, 0.2) is 6.10 Å². The summed E-state index contributed by atoms with van der Waals surface area (Å²) in [5, 5.41) is 5.19. The van der Waals surface area contributed by atoms with Gasteiger partial charge in [-0.25, -0.2) is 0 Å². The number of benzene rings is 2. The summed E-state index contributed by atoms with van der Waals surface area (Å²) in [6.45, 7) is 8.18. The highest BCUT2D eigenvalue weighted by atomic mass is 16.5. The van der Waals surface area contributed by atoms with Gasteiger partial charge in [0.2, 0.25) is 0 Å². The van der Waals surface area contributed by atoms with Gasteiger partial charge in [0.25, 0.3) is 5.91 Å². The van der Waals surface area contributed by atoms with E-state index in [-0.39, 0.29) is 11.9 Å². The zero-order valence-corrected chi connectivity index (χ0v) is 13.8. The molecule has 2 aromatic carbocycles. The third kappa shape index (κ3) is 3.79. The van der Waals surface area contributed by atoms with Gasteiger partial charge in [0.1, 0.15) is 5.75 Å². The van der Waals surface area contributed by atoms with Crippen LogP contribution in [0.3, 0.4) is 0 Å². The Morgan fingerprint density at radius 3 is 2.45 bits per heavy atom. The number of fused-ring (bicyclic) bond motifs is 1. The zero-order valence-electron chi connectivity index (χ0n) is 13.8. The molecule has 2 atom stereocenters. The highest BCUT2D eigenvalue weighted by Crippen LogP contribution is 2.26. The molecule has 22 heavy (non-hydrogen) atoms. The molecule has 0 aliphatic rings. The van der Waals surface area contributed by atoms with Crippen molar-refractivity contribution in [2.75, 3.05) is 0 Å². The minimum atomic E-state index is -0.466. The molecular weight excluding hydrogens is 274 g/mol. The molecule has 0 bridgehead atoms. The second kappa shape index (κ2) is 7.30. The van der Waals surface area contributed by atoms with Gasteiger partial charge in [-0.2, -0.15) is 0 Å². The van der Waals surface area contributed by atoms with E-state index in [1.165, 1.54) is 0 Å². The van der Waals surface area contributed by atoms with Crippen LogP contribution in [0.5, 0.6) is 5.75 Å². The predicted octanol–water partition coefficient (Wildman–Crippen LogP) is 4.16. The Labute approximate surface area is 132 Å². The van der Waals surface area contributed by atoms with Crippen LogP contribution in [0.15, 0.2) is 42.5 Å². The maximum Gasteiger partial charge on any atom is 0.261 e. The summed E-state index contributed by atoms with van der Waals surface area (Å²) in [5.74, 6) is 1.12. The van der Waals surface area contributed by atoms with Gasteiger partial charge in [-0.1, -0.05) is 57.2 Å². The number of nitrogens with one attached hydrogen (secondary N) is 1. The van der Waals surface area contributed by atoms with Gasteiger partial charge < -0.3 is 10.1 Å². The van der Waals surface area contributed by atoms with Crippen LogP contribution in [-0.2, 0) is 4.79 Å². The fourth-order valence-electron chi connectivity index (χ4n) is 2.26. The number of ether oxygens (including phenoxy) is 1. The van der Waals surface area contributed by atoms with Crippen LogP contribution in [-0.4, -0.2) is 18.1 Å². The summed E-state index contributed by atoms with van der Waals surface area (Å²) in [6, 6.07) is 14.1. The second-order valence-corrected chi connectivity index (χ2v) is 6.03. The van der Waals surface area contributed by atoms with Gasteiger partial charge >= 0.3 is 0 Å². The molecule has 0 radical (unpaired) electrons. The first kappa shape index (κ1) is 16.3. The third-order valence-electron chi connectivity index (χ3n) is 4.05. The van der Waals surface area contributed by atoms with Gasteiger partial charge in [-0.15, -0.1) is 0 Å². The van der Waals surface area contributed by atoms with E-state index >= 15 is 0 Å². The fraction of sp³-hybridized carbons (Fsp3) is 0.421. The minimum Gasteiger partial charge on any atom is -0.480 e. The van der Waals surface area contributed by atoms with E-state index in [9.17, 15) is 4.79 Å². The first-order valence-corrected chi connectivity index (χ1v) is 7.97. The molecule has 118 valence electrons. The summed E-state index contributed by atoms with van der Waals surface area (Å²) < 4.78 is 6.01. The number of carbonyl (C=O) groups excluding carboxylic acids is 1. The molecule has 1 amide bonds. The summed E-state index contributed by atoms with van der Waals surface area (Å²) in [6.07, 6.45) is 0.173. The lowest BCUT2D eigenvalue weighted by Gasteiger charge is -2.23. The zero-order chi connectivity index (χ0) is 16.1. The van der Waals surface area contributed by atoms with Gasteiger partial charge in [-0.05, 0) is 30.7 Å². The summed E-state index contributed by atoms with van der Waals surface area (Å²) >= 11 is 0. The highest BCUT2D eigenvalue weighted by Gasteiger charge is 2.21. The van der Waals surface area contributed by atoms with E-state index in [1.807, 2.05) is 56.3 Å². The maximum atomic E-state index is 12.4. The first-order valence-electron chi connectivity index (χ1n) is 7.97. The highest BCUT2D eigenvalue weighted by molar-refractivity contribution is 5.89. The van der Waals surface area contributed by atoms with E-state index < -0.39 is 6.10 Å². The molecule has 2 aromatic rings. The average Bonchev–Trinajstić information content (AvgIpc) is 2.52. The molecule has 0 aliphatic heterocycles. The smallest absolute Gasteiger partial charge is 0.261 e. The van der Waals surface area contributed by atoms with Crippen LogP contribution >= 0.6 is 0 Å². The third-order valence-corrected chi connectivity index (χ3v) is 4.05. The SMILES string of the molecule is CC[C@H](Oc1cccc2ccccc12)C(=O)N[C@@H](C)C(C)C. The molecule has 1 N–H and O–H groups in total. The van der Waals surface area contributed by atoms with E-state index in [0.29, 0.717) is 12.3 Å². The minimum absolute atomic E-state index is 0.0448. The predicted molar refractivity (Wildman–Crippen MR) is 91.1 cm³/mol. The van der Waals surface area contributed by atoms with E-state index in [1.54, 1.807) is 0 Å². The van der Waals surface area contributed by atoms with E-state index in [4.69, 9.17) is 4.74 Å². The van der Waals surface area contributed by atoms with Gasteiger partial charge in [0, 0.05) is 11.4 Å². The molecule has 0 unspecified atom stereocenters. The molecule has 3 nitrogen and oxygen atoms in total. The van der Waals surface area contributed by atoms with Gasteiger partial charge in [-0.3, -0.25) is 4.79 Å². The second-order valence-electron chi connectivity index (χ2n) is 6.03. The monoisotopic (exact) mass is 299 g/mol. The molecule has 0 spiro atoms. The molecule has 0 heterocycles. The van der Waals surface area contributed by atoms with Crippen LogP contribution in [0.4, 0.5) is 0 Å². The normalized spacial score (nSPS) is 13.9.